The molecule has 0 aliphatic carbocycles. The van der Waals surface area contributed by atoms with E-state index in [0.29, 0.717) is 5.75 Å². The van der Waals surface area contributed by atoms with E-state index in [1.807, 2.05) is 24.3 Å². The second-order valence-corrected chi connectivity index (χ2v) is 3.01. The number of hydrogen-bond acceptors (Lipinski definition) is 3. The Hall–Kier alpha value is -1.61. The lowest BCUT2D eigenvalue weighted by atomic mass is 10.2. The summed E-state index contributed by atoms with van der Waals surface area (Å²) in [6, 6.07) is 7.46. The average Bonchev–Trinajstić information content (AvgIpc) is 2.18. The van der Waals surface area contributed by atoms with E-state index in [-0.39, 0.29) is 0 Å². The topological polar surface area (TPSA) is 39.2 Å². The lowest BCUT2D eigenvalue weighted by Crippen LogP contribution is -1.97. The second-order valence-electron chi connectivity index (χ2n) is 2.70. The van der Waals surface area contributed by atoms with Crippen molar-refractivity contribution in [2.24, 2.45) is 0 Å². The molecule has 1 aromatic heterocycles. The normalized spacial score (nSPS) is 10.1. The third kappa shape index (κ3) is 1.67. The zero-order valence-corrected chi connectivity index (χ0v) is 7.86. The van der Waals surface area contributed by atoms with Gasteiger partial charge < -0.3 is 4.74 Å². The molecule has 0 spiro atoms. The molecule has 14 heavy (non-hydrogen) atoms. The second kappa shape index (κ2) is 3.64. The standard InChI is InChI=1S/C10H6ClNO2/c11-10(13)14-9-6-12-5-7-3-1-2-4-8(7)9/h1-6H. The van der Waals surface area contributed by atoms with Crippen molar-refractivity contribution in [1.29, 1.82) is 0 Å². The maximum atomic E-state index is 10.6. The Morgan fingerprint density at radius 1 is 1.29 bits per heavy atom. The van der Waals surface area contributed by atoms with Crippen molar-refractivity contribution < 1.29 is 9.53 Å². The number of benzene rings is 1. The van der Waals surface area contributed by atoms with Crippen LogP contribution in [0.2, 0.25) is 0 Å². The van der Waals surface area contributed by atoms with Crippen LogP contribution < -0.4 is 4.74 Å². The highest BCUT2D eigenvalue weighted by Gasteiger charge is 2.04. The minimum atomic E-state index is -0.858. The van der Waals surface area contributed by atoms with Gasteiger partial charge in [0.1, 0.15) is 0 Å². The van der Waals surface area contributed by atoms with E-state index in [4.69, 9.17) is 16.3 Å². The molecule has 0 fully saturated rings. The molecule has 1 aromatic carbocycles. The van der Waals surface area contributed by atoms with Crippen LogP contribution in [-0.2, 0) is 0 Å². The zero-order valence-electron chi connectivity index (χ0n) is 7.11. The highest BCUT2D eigenvalue weighted by Crippen LogP contribution is 2.24. The van der Waals surface area contributed by atoms with Gasteiger partial charge in [0.15, 0.2) is 5.75 Å². The van der Waals surface area contributed by atoms with E-state index >= 15 is 0 Å². The van der Waals surface area contributed by atoms with E-state index in [9.17, 15) is 4.79 Å². The Kier molecular flexibility index (Phi) is 2.33. The zero-order chi connectivity index (χ0) is 9.97. The molecule has 0 saturated carbocycles. The Morgan fingerprint density at radius 3 is 2.86 bits per heavy atom. The van der Waals surface area contributed by atoms with E-state index in [2.05, 4.69) is 4.98 Å². The smallest absolute Gasteiger partial charge is 0.409 e. The first kappa shape index (κ1) is 8.97. The number of pyridine rings is 1. The van der Waals surface area contributed by atoms with Crippen LogP contribution in [0.1, 0.15) is 0 Å². The quantitative estimate of drug-likeness (QED) is 0.675. The summed E-state index contributed by atoms with van der Waals surface area (Å²) in [6.07, 6.45) is 3.16. The van der Waals surface area contributed by atoms with Crippen LogP contribution in [0.25, 0.3) is 10.8 Å². The van der Waals surface area contributed by atoms with Gasteiger partial charge in [-0.3, -0.25) is 4.98 Å². The molecule has 2 rings (SSSR count). The highest BCUT2D eigenvalue weighted by atomic mass is 35.5. The summed E-state index contributed by atoms with van der Waals surface area (Å²) in [7, 11) is 0. The Labute approximate surface area is 85.3 Å². The molecule has 1 heterocycles. The summed E-state index contributed by atoms with van der Waals surface area (Å²) >= 11 is 5.12. The molecule has 3 nitrogen and oxygen atoms in total. The first-order valence-corrected chi connectivity index (χ1v) is 4.35. The maximum absolute atomic E-state index is 10.6. The summed E-state index contributed by atoms with van der Waals surface area (Å²) < 4.78 is 4.79. The number of halogens is 1. The Morgan fingerprint density at radius 2 is 2.07 bits per heavy atom. The third-order valence-electron chi connectivity index (χ3n) is 1.82. The number of aromatic nitrogens is 1. The van der Waals surface area contributed by atoms with Crippen LogP contribution in [0.5, 0.6) is 5.75 Å². The Bertz CT molecular complexity index is 479. The van der Waals surface area contributed by atoms with Crippen LogP contribution in [0.3, 0.4) is 0 Å². The molecule has 4 heteroatoms. The van der Waals surface area contributed by atoms with Gasteiger partial charge in [0.05, 0.1) is 6.20 Å². The van der Waals surface area contributed by atoms with Gasteiger partial charge in [0, 0.05) is 28.6 Å². The average molecular weight is 208 g/mol. The van der Waals surface area contributed by atoms with Crippen LogP contribution in [0.15, 0.2) is 36.7 Å². The number of hydrogen-bond donors (Lipinski definition) is 0. The monoisotopic (exact) mass is 207 g/mol. The molecule has 0 atom stereocenters. The number of nitrogens with zero attached hydrogens (tertiary/aromatic N) is 1. The van der Waals surface area contributed by atoms with Crippen LogP contribution >= 0.6 is 11.6 Å². The van der Waals surface area contributed by atoms with Crippen molar-refractivity contribution in [3.63, 3.8) is 0 Å². The van der Waals surface area contributed by atoms with Gasteiger partial charge in [-0.1, -0.05) is 24.3 Å². The van der Waals surface area contributed by atoms with Crippen molar-refractivity contribution in [3.05, 3.63) is 36.7 Å². The first-order valence-electron chi connectivity index (χ1n) is 3.97. The summed E-state index contributed by atoms with van der Waals surface area (Å²) in [5.41, 5.74) is -0.858. The molecule has 0 N–H and O–H groups in total. The molecule has 0 saturated heterocycles. The van der Waals surface area contributed by atoms with Gasteiger partial charge >= 0.3 is 5.43 Å². The fourth-order valence-electron chi connectivity index (χ4n) is 1.26. The van der Waals surface area contributed by atoms with Crippen molar-refractivity contribution >= 4 is 27.8 Å². The number of carbonyl (C=O) groups excluding carboxylic acids is 1. The van der Waals surface area contributed by atoms with Crippen molar-refractivity contribution in [3.8, 4) is 5.75 Å². The number of rotatable bonds is 1. The van der Waals surface area contributed by atoms with Gasteiger partial charge in [-0.25, -0.2) is 4.79 Å². The minimum absolute atomic E-state index is 0.378. The minimum Gasteiger partial charge on any atom is -0.412 e. The van der Waals surface area contributed by atoms with Gasteiger partial charge in [-0.05, 0) is 0 Å². The molecule has 0 unspecified atom stereocenters. The molecule has 0 bridgehead atoms. The molecule has 0 aliphatic heterocycles. The van der Waals surface area contributed by atoms with Gasteiger partial charge in [-0.2, -0.15) is 0 Å². The fraction of sp³-hybridized carbons (Fsp3) is 0. The molecule has 0 amide bonds. The molecule has 70 valence electrons. The lowest BCUT2D eigenvalue weighted by Gasteiger charge is -2.03. The molecular weight excluding hydrogens is 202 g/mol. The largest absolute Gasteiger partial charge is 0.412 e. The predicted molar refractivity (Wildman–Crippen MR) is 53.6 cm³/mol. The SMILES string of the molecule is O=C(Cl)Oc1cncc2ccccc12. The first-order chi connectivity index (χ1) is 6.77. The third-order valence-corrected chi connectivity index (χ3v) is 1.90. The van der Waals surface area contributed by atoms with Crippen molar-refractivity contribution in [1.82, 2.24) is 4.98 Å². The maximum Gasteiger partial charge on any atom is 0.409 e. The van der Waals surface area contributed by atoms with Gasteiger partial charge in [-0.15, -0.1) is 0 Å². The molecule has 0 aliphatic rings. The van der Waals surface area contributed by atoms with E-state index in [0.717, 1.165) is 10.8 Å². The van der Waals surface area contributed by atoms with Gasteiger partial charge in [0.25, 0.3) is 0 Å². The summed E-state index contributed by atoms with van der Waals surface area (Å²) in [6.45, 7) is 0. The molecular formula is C10H6ClNO2. The number of ether oxygens (including phenoxy) is 1. The summed E-state index contributed by atoms with van der Waals surface area (Å²) in [5.74, 6) is 0.378. The lowest BCUT2D eigenvalue weighted by molar-refractivity contribution is 0.226. The van der Waals surface area contributed by atoms with Gasteiger partial charge in [0.2, 0.25) is 0 Å². The van der Waals surface area contributed by atoms with E-state index < -0.39 is 5.43 Å². The van der Waals surface area contributed by atoms with Crippen molar-refractivity contribution in [2.45, 2.75) is 0 Å². The number of carbonyl (C=O) groups is 1. The Balaban J connectivity index is 2.59. The van der Waals surface area contributed by atoms with Crippen LogP contribution in [-0.4, -0.2) is 10.4 Å². The van der Waals surface area contributed by atoms with E-state index in [1.54, 1.807) is 6.20 Å². The van der Waals surface area contributed by atoms with E-state index in [1.165, 1.54) is 6.20 Å². The molecule has 0 radical (unpaired) electrons. The number of fused-ring (bicyclic) bond motifs is 1. The summed E-state index contributed by atoms with van der Waals surface area (Å²) in [4.78, 5) is 14.5. The predicted octanol–water partition coefficient (Wildman–Crippen LogP) is 2.97. The summed E-state index contributed by atoms with van der Waals surface area (Å²) in [5, 5.41) is 1.72. The fourth-order valence-corrected chi connectivity index (χ4v) is 1.34. The highest BCUT2D eigenvalue weighted by molar-refractivity contribution is 6.61. The van der Waals surface area contributed by atoms with Crippen LogP contribution in [0.4, 0.5) is 4.79 Å². The van der Waals surface area contributed by atoms with Crippen LogP contribution in [0, 0.1) is 0 Å². The van der Waals surface area contributed by atoms with Crippen molar-refractivity contribution in [2.75, 3.05) is 0 Å². The molecule has 2 aromatic rings.